The molecule has 2 aromatic rings. The molecule has 2 heterocycles. The molecule has 4 nitrogen and oxygen atoms in total. The van der Waals surface area contributed by atoms with Crippen LogP contribution in [0.3, 0.4) is 0 Å². The van der Waals surface area contributed by atoms with Gasteiger partial charge in [-0.15, -0.1) is 11.3 Å². The molecule has 62 valence electrons. The molecule has 0 aliphatic heterocycles. The third-order valence-electron chi connectivity index (χ3n) is 1.44. The highest BCUT2D eigenvalue weighted by Gasteiger charge is 2.04. The SMILES string of the molecule is Cc1cc(-c2noc(=O)[nH]2)cs1. The quantitative estimate of drug-likeness (QED) is 0.725. The third-order valence-corrected chi connectivity index (χ3v) is 2.31. The van der Waals surface area contributed by atoms with Crippen molar-refractivity contribution < 1.29 is 4.52 Å². The van der Waals surface area contributed by atoms with Crippen LogP contribution in [0.4, 0.5) is 0 Å². The first-order valence-electron chi connectivity index (χ1n) is 3.37. The van der Waals surface area contributed by atoms with Crippen molar-refractivity contribution in [2.24, 2.45) is 0 Å². The Kier molecular flexibility index (Phi) is 1.58. The van der Waals surface area contributed by atoms with Crippen LogP contribution in [-0.4, -0.2) is 10.1 Å². The molecule has 0 atom stereocenters. The van der Waals surface area contributed by atoms with Crippen LogP contribution in [0.5, 0.6) is 0 Å². The van der Waals surface area contributed by atoms with Crippen molar-refractivity contribution in [2.45, 2.75) is 6.92 Å². The van der Waals surface area contributed by atoms with Gasteiger partial charge in [-0.05, 0) is 13.0 Å². The Morgan fingerprint density at radius 2 is 2.50 bits per heavy atom. The second-order valence-electron chi connectivity index (χ2n) is 2.39. The van der Waals surface area contributed by atoms with Crippen molar-refractivity contribution >= 4 is 11.3 Å². The molecule has 0 amide bonds. The van der Waals surface area contributed by atoms with Crippen molar-refractivity contribution in [2.75, 3.05) is 0 Å². The fourth-order valence-corrected chi connectivity index (χ4v) is 1.61. The van der Waals surface area contributed by atoms with Gasteiger partial charge in [0.15, 0.2) is 5.82 Å². The Bertz CT molecular complexity index is 440. The van der Waals surface area contributed by atoms with Crippen LogP contribution in [0.15, 0.2) is 20.8 Å². The van der Waals surface area contributed by atoms with Gasteiger partial charge in [0.25, 0.3) is 0 Å². The minimum atomic E-state index is -0.520. The number of aromatic nitrogens is 2. The van der Waals surface area contributed by atoms with E-state index in [2.05, 4.69) is 14.7 Å². The standard InChI is InChI=1S/C7H6N2O2S/c1-4-2-5(3-12-4)6-8-7(10)11-9-6/h2-3H,1H3,(H,8,9,10). The van der Waals surface area contributed by atoms with Crippen LogP contribution in [0.25, 0.3) is 11.4 Å². The summed E-state index contributed by atoms with van der Waals surface area (Å²) in [5.74, 6) is -0.0294. The summed E-state index contributed by atoms with van der Waals surface area (Å²) < 4.78 is 4.37. The Morgan fingerprint density at radius 3 is 3.00 bits per heavy atom. The molecule has 5 heteroatoms. The lowest BCUT2D eigenvalue weighted by atomic mass is 10.3. The van der Waals surface area contributed by atoms with E-state index in [-0.39, 0.29) is 0 Å². The lowest BCUT2D eigenvalue weighted by Gasteiger charge is -1.82. The van der Waals surface area contributed by atoms with Crippen LogP contribution in [0.1, 0.15) is 4.88 Å². The normalized spacial score (nSPS) is 10.4. The molecule has 0 aliphatic carbocycles. The number of thiophene rings is 1. The van der Waals surface area contributed by atoms with Crippen molar-refractivity contribution in [3.63, 3.8) is 0 Å². The molecule has 0 fully saturated rings. The van der Waals surface area contributed by atoms with Crippen molar-refractivity contribution in [1.82, 2.24) is 10.1 Å². The van der Waals surface area contributed by atoms with Crippen molar-refractivity contribution in [1.29, 1.82) is 0 Å². The molecule has 0 radical (unpaired) electrons. The molecule has 0 aromatic carbocycles. The second-order valence-corrected chi connectivity index (χ2v) is 3.51. The largest absolute Gasteiger partial charge is 0.439 e. The molecule has 0 aliphatic rings. The maximum Gasteiger partial charge on any atom is 0.439 e. The van der Waals surface area contributed by atoms with Gasteiger partial charge >= 0.3 is 5.76 Å². The van der Waals surface area contributed by atoms with Gasteiger partial charge in [-0.3, -0.25) is 9.51 Å². The molecule has 0 bridgehead atoms. The second kappa shape index (κ2) is 2.60. The molecule has 0 saturated carbocycles. The number of H-pyrrole nitrogens is 1. The molecular formula is C7H6N2O2S. The summed E-state index contributed by atoms with van der Waals surface area (Å²) in [7, 11) is 0. The average Bonchev–Trinajstić information content (AvgIpc) is 2.58. The molecule has 0 unspecified atom stereocenters. The van der Waals surface area contributed by atoms with Crippen LogP contribution in [0, 0.1) is 6.92 Å². The van der Waals surface area contributed by atoms with Gasteiger partial charge in [-0.2, -0.15) is 0 Å². The lowest BCUT2D eigenvalue weighted by Crippen LogP contribution is -1.94. The fourth-order valence-electron chi connectivity index (χ4n) is 0.922. The van der Waals surface area contributed by atoms with Gasteiger partial charge in [-0.1, -0.05) is 5.16 Å². The molecule has 0 spiro atoms. The van der Waals surface area contributed by atoms with Crippen molar-refractivity contribution in [3.8, 4) is 11.4 Å². The predicted octanol–water partition coefficient (Wildman–Crippen LogP) is 1.40. The number of nitrogens with zero attached hydrogens (tertiary/aromatic N) is 1. The molecule has 12 heavy (non-hydrogen) atoms. The first kappa shape index (κ1) is 7.30. The van der Waals surface area contributed by atoms with Gasteiger partial charge in [0.2, 0.25) is 0 Å². The maximum absolute atomic E-state index is 10.6. The number of aryl methyl sites for hydroxylation is 1. The topological polar surface area (TPSA) is 58.9 Å². The summed E-state index contributed by atoms with van der Waals surface area (Å²) in [6.45, 7) is 1.99. The maximum atomic E-state index is 10.6. The zero-order valence-corrected chi connectivity index (χ0v) is 7.14. The van der Waals surface area contributed by atoms with E-state index >= 15 is 0 Å². The van der Waals surface area contributed by atoms with Gasteiger partial charge < -0.3 is 0 Å². The van der Waals surface area contributed by atoms with Crippen molar-refractivity contribution in [3.05, 3.63) is 26.9 Å². The number of hydrogen-bond acceptors (Lipinski definition) is 4. The van der Waals surface area contributed by atoms with Gasteiger partial charge in [-0.25, -0.2) is 4.79 Å². The number of nitrogens with one attached hydrogen (secondary N) is 1. The van der Waals surface area contributed by atoms with E-state index in [4.69, 9.17) is 0 Å². The van der Waals surface area contributed by atoms with E-state index in [0.29, 0.717) is 5.82 Å². The first-order valence-corrected chi connectivity index (χ1v) is 4.25. The summed E-state index contributed by atoms with van der Waals surface area (Å²) in [4.78, 5) is 14.2. The molecular weight excluding hydrogens is 176 g/mol. The lowest BCUT2D eigenvalue weighted by molar-refractivity contribution is 0.388. The zero-order valence-electron chi connectivity index (χ0n) is 6.33. The first-order chi connectivity index (χ1) is 5.75. The fraction of sp³-hybridized carbons (Fsp3) is 0.143. The molecule has 2 rings (SSSR count). The summed E-state index contributed by atoms with van der Waals surface area (Å²) in [5.41, 5.74) is 0.892. The van der Waals surface area contributed by atoms with E-state index in [9.17, 15) is 4.79 Å². The highest BCUT2D eigenvalue weighted by Crippen LogP contribution is 2.20. The average molecular weight is 182 g/mol. The van der Waals surface area contributed by atoms with E-state index in [0.717, 1.165) is 5.56 Å². The zero-order chi connectivity index (χ0) is 8.55. The Hall–Kier alpha value is -1.36. The predicted molar refractivity (Wildman–Crippen MR) is 45.2 cm³/mol. The Labute approximate surface area is 71.8 Å². The summed E-state index contributed by atoms with van der Waals surface area (Å²) >= 11 is 1.60. The van der Waals surface area contributed by atoms with Gasteiger partial charge in [0, 0.05) is 15.8 Å². The van der Waals surface area contributed by atoms with Crippen LogP contribution in [0.2, 0.25) is 0 Å². The van der Waals surface area contributed by atoms with E-state index in [1.54, 1.807) is 11.3 Å². The number of aromatic amines is 1. The minimum Gasteiger partial charge on any atom is -0.296 e. The number of rotatable bonds is 1. The van der Waals surface area contributed by atoms with E-state index in [1.165, 1.54) is 4.88 Å². The Morgan fingerprint density at radius 1 is 1.67 bits per heavy atom. The van der Waals surface area contributed by atoms with Crippen LogP contribution in [-0.2, 0) is 0 Å². The Balaban J connectivity index is 2.50. The highest BCUT2D eigenvalue weighted by atomic mass is 32.1. The smallest absolute Gasteiger partial charge is 0.296 e. The van der Waals surface area contributed by atoms with Gasteiger partial charge in [0.05, 0.1) is 0 Å². The van der Waals surface area contributed by atoms with Crippen LogP contribution >= 0.6 is 11.3 Å². The summed E-state index contributed by atoms with van der Waals surface area (Å²) in [5, 5.41) is 5.48. The van der Waals surface area contributed by atoms with E-state index in [1.807, 2.05) is 18.4 Å². The monoisotopic (exact) mass is 182 g/mol. The van der Waals surface area contributed by atoms with Crippen LogP contribution < -0.4 is 5.76 Å². The molecule has 2 aromatic heterocycles. The van der Waals surface area contributed by atoms with E-state index < -0.39 is 5.76 Å². The number of hydrogen-bond donors (Lipinski definition) is 1. The summed E-state index contributed by atoms with van der Waals surface area (Å²) in [6.07, 6.45) is 0. The molecule has 0 saturated heterocycles. The third kappa shape index (κ3) is 1.18. The van der Waals surface area contributed by atoms with Gasteiger partial charge in [0.1, 0.15) is 0 Å². The highest BCUT2D eigenvalue weighted by molar-refractivity contribution is 7.10. The molecule has 1 N–H and O–H groups in total. The minimum absolute atomic E-state index is 0.490. The summed E-state index contributed by atoms with van der Waals surface area (Å²) in [6, 6.07) is 1.94.